The highest BCUT2D eigenvalue weighted by Crippen LogP contribution is 2.25. The van der Waals surface area contributed by atoms with E-state index in [2.05, 4.69) is 5.32 Å². The molecule has 1 N–H and O–H groups in total. The number of nitrogens with zero attached hydrogens (tertiary/aromatic N) is 2. The minimum Gasteiger partial charge on any atom is -0.350 e. The van der Waals surface area contributed by atoms with Crippen molar-refractivity contribution in [3.63, 3.8) is 0 Å². The summed E-state index contributed by atoms with van der Waals surface area (Å²) >= 11 is 12.3. The number of halogens is 2. The Balaban J connectivity index is 1.72. The monoisotopic (exact) mass is 517 g/mol. The largest absolute Gasteiger partial charge is 0.350 e. The van der Waals surface area contributed by atoms with Crippen LogP contribution >= 0.6 is 23.2 Å². The number of fused-ring (bicyclic) bond motifs is 1. The van der Waals surface area contributed by atoms with Crippen LogP contribution < -0.4 is 5.32 Å². The normalized spacial score (nSPS) is 14.1. The molecule has 0 saturated heterocycles. The summed E-state index contributed by atoms with van der Waals surface area (Å²) in [5.74, 6) is -1.30. The molecule has 0 unspecified atom stereocenters. The summed E-state index contributed by atoms with van der Waals surface area (Å²) in [5.41, 5.74) is 0.925. The van der Waals surface area contributed by atoms with Crippen LogP contribution in [0.4, 0.5) is 0 Å². The molecule has 0 aliphatic carbocycles. The predicted molar refractivity (Wildman–Crippen MR) is 135 cm³/mol. The van der Waals surface area contributed by atoms with Gasteiger partial charge in [0.15, 0.2) is 0 Å². The summed E-state index contributed by atoms with van der Waals surface area (Å²) in [4.78, 5) is 53.9. The van der Waals surface area contributed by atoms with Gasteiger partial charge in [-0.15, -0.1) is 0 Å². The molecule has 4 amide bonds. The summed E-state index contributed by atoms with van der Waals surface area (Å²) in [6.07, 6.45) is 0.314. The number of rotatable bonds is 8. The van der Waals surface area contributed by atoms with Crippen molar-refractivity contribution in [2.24, 2.45) is 0 Å². The molecular formula is C26H29Cl2N3O4. The molecule has 0 fully saturated rings. The van der Waals surface area contributed by atoms with Crippen LogP contribution in [-0.2, 0) is 16.1 Å². The van der Waals surface area contributed by atoms with Gasteiger partial charge in [0.1, 0.15) is 6.04 Å². The molecule has 0 radical (unpaired) electrons. The Bertz CT molecular complexity index is 1120. The van der Waals surface area contributed by atoms with Crippen LogP contribution in [-0.4, -0.2) is 51.6 Å². The molecule has 0 saturated carbocycles. The SMILES string of the molecule is C[C@@H](C(=O)NC(C)(C)C)N(Cc1ccc(Cl)cc1Cl)C(=O)CCCN1C(=O)c2ccccc2C1=O. The number of nitrogens with one attached hydrogen (secondary N) is 1. The fourth-order valence-corrected chi connectivity index (χ4v) is 4.33. The molecule has 1 heterocycles. The summed E-state index contributed by atoms with van der Waals surface area (Å²) in [7, 11) is 0. The highest BCUT2D eigenvalue weighted by Gasteiger charge is 2.35. The van der Waals surface area contributed by atoms with Crippen molar-refractivity contribution in [1.29, 1.82) is 0 Å². The van der Waals surface area contributed by atoms with Crippen molar-refractivity contribution >= 4 is 46.8 Å². The van der Waals surface area contributed by atoms with Gasteiger partial charge in [-0.1, -0.05) is 41.4 Å². The third-order valence-electron chi connectivity index (χ3n) is 5.67. The maximum atomic E-state index is 13.3. The number of benzene rings is 2. The van der Waals surface area contributed by atoms with Crippen LogP contribution in [0.5, 0.6) is 0 Å². The van der Waals surface area contributed by atoms with E-state index in [9.17, 15) is 19.2 Å². The Hall–Kier alpha value is -2.90. The molecule has 0 aromatic heterocycles. The van der Waals surface area contributed by atoms with Gasteiger partial charge in [0.2, 0.25) is 11.8 Å². The van der Waals surface area contributed by atoms with Crippen molar-refractivity contribution in [2.75, 3.05) is 6.54 Å². The molecule has 186 valence electrons. The quantitative estimate of drug-likeness (QED) is 0.514. The number of carbonyl (C=O) groups excluding carboxylic acids is 4. The zero-order valence-corrected chi connectivity index (χ0v) is 21.7. The molecule has 35 heavy (non-hydrogen) atoms. The van der Waals surface area contributed by atoms with E-state index in [4.69, 9.17) is 23.2 Å². The topological polar surface area (TPSA) is 86.8 Å². The first-order valence-corrected chi connectivity index (χ1v) is 12.2. The van der Waals surface area contributed by atoms with E-state index >= 15 is 0 Å². The fourth-order valence-electron chi connectivity index (χ4n) is 3.86. The maximum absolute atomic E-state index is 13.3. The van der Waals surface area contributed by atoms with Gasteiger partial charge in [-0.25, -0.2) is 0 Å². The first kappa shape index (κ1) is 26.7. The van der Waals surface area contributed by atoms with Gasteiger partial charge in [0.25, 0.3) is 11.8 Å². The van der Waals surface area contributed by atoms with Gasteiger partial charge in [0.05, 0.1) is 11.1 Å². The van der Waals surface area contributed by atoms with E-state index in [1.54, 1.807) is 49.4 Å². The number of hydrogen-bond donors (Lipinski definition) is 1. The van der Waals surface area contributed by atoms with Gasteiger partial charge in [-0.2, -0.15) is 0 Å². The zero-order chi connectivity index (χ0) is 25.9. The maximum Gasteiger partial charge on any atom is 0.261 e. The Morgan fingerprint density at radius 3 is 2.17 bits per heavy atom. The van der Waals surface area contributed by atoms with Crippen LogP contribution in [0.3, 0.4) is 0 Å². The molecule has 2 aromatic carbocycles. The lowest BCUT2D eigenvalue weighted by molar-refractivity contribution is -0.141. The number of carbonyl (C=O) groups is 4. The van der Waals surface area contributed by atoms with Crippen molar-refractivity contribution < 1.29 is 19.2 Å². The average Bonchev–Trinajstić information content (AvgIpc) is 3.02. The first-order valence-electron chi connectivity index (χ1n) is 11.4. The van der Waals surface area contributed by atoms with Crippen molar-refractivity contribution in [3.8, 4) is 0 Å². The third-order valence-corrected chi connectivity index (χ3v) is 6.26. The first-order chi connectivity index (χ1) is 16.4. The highest BCUT2D eigenvalue weighted by atomic mass is 35.5. The molecule has 2 aromatic rings. The Labute approximate surface area is 215 Å². The Kier molecular flexibility index (Phi) is 8.23. The van der Waals surface area contributed by atoms with Crippen molar-refractivity contribution in [3.05, 3.63) is 69.2 Å². The molecule has 1 aliphatic rings. The molecule has 1 aliphatic heterocycles. The van der Waals surface area contributed by atoms with Crippen LogP contribution in [0.25, 0.3) is 0 Å². The average molecular weight is 518 g/mol. The molecule has 0 bridgehead atoms. The van der Waals surface area contributed by atoms with Crippen molar-refractivity contribution in [1.82, 2.24) is 15.1 Å². The summed E-state index contributed by atoms with van der Waals surface area (Å²) < 4.78 is 0. The van der Waals surface area contributed by atoms with E-state index in [0.717, 1.165) is 4.90 Å². The summed E-state index contributed by atoms with van der Waals surface area (Å²) in [6, 6.07) is 10.9. The van der Waals surface area contributed by atoms with Gasteiger partial charge in [-0.05, 0) is 63.9 Å². The smallest absolute Gasteiger partial charge is 0.261 e. The minimum atomic E-state index is -0.771. The van der Waals surface area contributed by atoms with Crippen LogP contribution in [0.2, 0.25) is 10.0 Å². The molecule has 1 atom stereocenters. The molecule has 9 heteroatoms. The number of imide groups is 1. The second-order valence-corrected chi connectivity index (χ2v) is 10.4. The fraction of sp³-hybridized carbons (Fsp3) is 0.385. The second kappa shape index (κ2) is 10.8. The number of amides is 4. The zero-order valence-electron chi connectivity index (χ0n) is 20.2. The van der Waals surface area contributed by atoms with Crippen LogP contribution in [0.15, 0.2) is 42.5 Å². The lowest BCUT2D eigenvalue weighted by Gasteiger charge is -2.32. The van der Waals surface area contributed by atoms with E-state index in [1.165, 1.54) is 4.90 Å². The van der Waals surface area contributed by atoms with Crippen LogP contribution in [0, 0.1) is 0 Å². The highest BCUT2D eigenvalue weighted by molar-refractivity contribution is 6.35. The van der Waals surface area contributed by atoms with Gasteiger partial charge < -0.3 is 10.2 Å². The molecule has 7 nitrogen and oxygen atoms in total. The van der Waals surface area contributed by atoms with E-state index < -0.39 is 11.6 Å². The lowest BCUT2D eigenvalue weighted by atomic mass is 10.1. The van der Waals surface area contributed by atoms with E-state index in [-0.39, 0.29) is 49.6 Å². The molecular weight excluding hydrogens is 489 g/mol. The van der Waals surface area contributed by atoms with E-state index in [0.29, 0.717) is 26.7 Å². The van der Waals surface area contributed by atoms with Gasteiger partial charge in [-0.3, -0.25) is 24.1 Å². The predicted octanol–water partition coefficient (Wildman–Crippen LogP) is 4.70. The Morgan fingerprint density at radius 1 is 1.03 bits per heavy atom. The van der Waals surface area contributed by atoms with Crippen LogP contribution in [0.1, 0.15) is 66.8 Å². The minimum absolute atomic E-state index is 0.0474. The molecule has 3 rings (SSSR count). The lowest BCUT2D eigenvalue weighted by Crippen LogP contribution is -2.52. The van der Waals surface area contributed by atoms with E-state index in [1.807, 2.05) is 20.8 Å². The van der Waals surface area contributed by atoms with Crippen molar-refractivity contribution in [2.45, 2.75) is 58.7 Å². The third kappa shape index (κ3) is 6.41. The standard InChI is InChI=1S/C26H29Cl2N3O4/c1-16(23(33)29-26(2,3)4)31(15-17-11-12-18(27)14-21(17)28)22(32)10-7-13-30-24(34)19-8-5-6-9-20(19)25(30)35/h5-6,8-9,11-12,14,16H,7,10,13,15H2,1-4H3,(H,29,33)/t16-/m0/s1. The van der Waals surface area contributed by atoms with Gasteiger partial charge in [0, 0.05) is 35.1 Å². The Morgan fingerprint density at radius 2 is 1.63 bits per heavy atom. The second-order valence-electron chi connectivity index (χ2n) is 9.58. The summed E-state index contributed by atoms with van der Waals surface area (Å²) in [5, 5.41) is 3.76. The summed E-state index contributed by atoms with van der Waals surface area (Å²) in [6.45, 7) is 7.47. The van der Waals surface area contributed by atoms with Gasteiger partial charge >= 0.3 is 0 Å². The number of hydrogen-bond acceptors (Lipinski definition) is 4. The molecule has 0 spiro atoms.